The first-order valence-electron chi connectivity index (χ1n) is 10.6. The van der Waals surface area contributed by atoms with Crippen molar-refractivity contribution in [3.05, 3.63) is 59.7 Å². The van der Waals surface area contributed by atoms with Gasteiger partial charge in [-0.15, -0.1) is 24.0 Å². The number of ether oxygens (including phenoxy) is 3. The zero-order valence-electron chi connectivity index (χ0n) is 18.8. The molecular formula is C24H34IN3O4. The number of hydrogen-bond donors (Lipinski definition) is 3. The van der Waals surface area contributed by atoms with Crippen molar-refractivity contribution in [3.63, 3.8) is 0 Å². The van der Waals surface area contributed by atoms with Gasteiger partial charge in [0.2, 0.25) is 0 Å². The Morgan fingerprint density at radius 3 is 2.59 bits per heavy atom. The lowest BCUT2D eigenvalue weighted by Crippen LogP contribution is -2.44. The summed E-state index contributed by atoms with van der Waals surface area (Å²) in [6.07, 6.45) is 1.66. The highest BCUT2D eigenvalue weighted by Crippen LogP contribution is 2.31. The summed E-state index contributed by atoms with van der Waals surface area (Å²) in [5.41, 5.74) is 2.13. The molecule has 0 amide bonds. The molecule has 0 aromatic heterocycles. The number of benzene rings is 2. The van der Waals surface area contributed by atoms with Crippen LogP contribution in [-0.4, -0.2) is 51.6 Å². The fourth-order valence-corrected chi connectivity index (χ4v) is 3.67. The second-order valence-electron chi connectivity index (χ2n) is 7.81. The summed E-state index contributed by atoms with van der Waals surface area (Å²) >= 11 is 0. The number of aliphatic hydroxyl groups excluding tert-OH is 1. The molecule has 1 atom stereocenters. The number of rotatable bonds is 10. The van der Waals surface area contributed by atoms with Crippen molar-refractivity contribution in [3.8, 4) is 11.5 Å². The van der Waals surface area contributed by atoms with Gasteiger partial charge in [-0.25, -0.2) is 0 Å². The molecule has 1 aliphatic heterocycles. The van der Waals surface area contributed by atoms with Gasteiger partial charge in [0, 0.05) is 38.8 Å². The van der Waals surface area contributed by atoms with E-state index in [-0.39, 0.29) is 36.0 Å². The van der Waals surface area contributed by atoms with Crippen LogP contribution in [0.1, 0.15) is 24.0 Å². The van der Waals surface area contributed by atoms with Gasteiger partial charge in [0.1, 0.15) is 6.61 Å². The maximum atomic E-state index is 9.39. The number of guanidine groups is 1. The second kappa shape index (κ2) is 13.5. The van der Waals surface area contributed by atoms with E-state index in [4.69, 9.17) is 14.2 Å². The van der Waals surface area contributed by atoms with Crippen molar-refractivity contribution in [2.45, 2.75) is 26.0 Å². The Bertz CT molecular complexity index is 842. The van der Waals surface area contributed by atoms with E-state index in [0.717, 1.165) is 30.6 Å². The molecule has 1 unspecified atom stereocenters. The molecule has 0 spiro atoms. The van der Waals surface area contributed by atoms with Crippen molar-refractivity contribution in [2.75, 3.05) is 40.5 Å². The molecule has 1 saturated heterocycles. The molecule has 0 saturated carbocycles. The number of aliphatic hydroxyl groups is 1. The van der Waals surface area contributed by atoms with Gasteiger partial charge in [-0.2, -0.15) is 0 Å². The first kappa shape index (κ1) is 26.2. The fraction of sp³-hybridized carbons (Fsp3) is 0.458. The number of methoxy groups -OCH3 is 1. The van der Waals surface area contributed by atoms with Crippen LogP contribution in [0.15, 0.2) is 53.5 Å². The average molecular weight is 555 g/mol. The number of nitrogens with zero attached hydrogens (tertiary/aromatic N) is 1. The van der Waals surface area contributed by atoms with E-state index in [2.05, 4.69) is 15.6 Å². The van der Waals surface area contributed by atoms with Crippen LogP contribution in [0, 0.1) is 5.41 Å². The van der Waals surface area contributed by atoms with Crippen molar-refractivity contribution >= 4 is 29.9 Å². The smallest absolute Gasteiger partial charge is 0.191 e. The van der Waals surface area contributed by atoms with Crippen LogP contribution in [0.3, 0.4) is 0 Å². The maximum Gasteiger partial charge on any atom is 0.191 e. The molecule has 7 nitrogen and oxygen atoms in total. The van der Waals surface area contributed by atoms with Crippen molar-refractivity contribution in [1.82, 2.24) is 10.6 Å². The van der Waals surface area contributed by atoms with Crippen molar-refractivity contribution in [2.24, 2.45) is 10.4 Å². The molecule has 1 aliphatic rings. The molecule has 1 fully saturated rings. The van der Waals surface area contributed by atoms with E-state index in [9.17, 15) is 5.11 Å². The van der Waals surface area contributed by atoms with Crippen LogP contribution in [0.4, 0.5) is 0 Å². The largest absolute Gasteiger partial charge is 0.493 e. The van der Waals surface area contributed by atoms with Crippen LogP contribution < -0.4 is 20.1 Å². The molecule has 0 bridgehead atoms. The Kier molecular flexibility index (Phi) is 11.1. The molecule has 0 aliphatic carbocycles. The minimum atomic E-state index is -0.0344. The first-order valence-corrected chi connectivity index (χ1v) is 10.6. The van der Waals surface area contributed by atoms with E-state index >= 15 is 0 Å². The van der Waals surface area contributed by atoms with E-state index in [0.29, 0.717) is 43.8 Å². The molecular weight excluding hydrogens is 521 g/mol. The summed E-state index contributed by atoms with van der Waals surface area (Å²) in [7, 11) is 3.40. The monoisotopic (exact) mass is 555 g/mol. The third-order valence-electron chi connectivity index (χ3n) is 5.61. The lowest BCUT2D eigenvalue weighted by molar-refractivity contribution is 0.127. The van der Waals surface area contributed by atoms with Crippen LogP contribution in [0.5, 0.6) is 11.5 Å². The minimum Gasteiger partial charge on any atom is -0.493 e. The molecule has 2 aromatic rings. The highest BCUT2D eigenvalue weighted by molar-refractivity contribution is 14.0. The molecule has 32 heavy (non-hydrogen) atoms. The number of hydrogen-bond acceptors (Lipinski definition) is 5. The normalized spacial score (nSPS) is 18.0. The quantitative estimate of drug-likeness (QED) is 0.237. The van der Waals surface area contributed by atoms with E-state index < -0.39 is 0 Å². The standard InChI is InChI=1S/C24H33N3O4.HI/c1-25-23(27-17-24(10-12-28)11-13-30-18-24)26-15-20-8-9-21(22(14-20)29-2)31-16-19-6-4-3-5-7-19;/h3-9,14,28H,10-13,15-18H2,1-2H3,(H2,25,26,27);1H. The van der Waals surface area contributed by atoms with Gasteiger partial charge < -0.3 is 30.0 Å². The molecule has 176 valence electrons. The predicted molar refractivity (Wildman–Crippen MR) is 137 cm³/mol. The zero-order valence-corrected chi connectivity index (χ0v) is 21.1. The molecule has 1 heterocycles. The van der Waals surface area contributed by atoms with Gasteiger partial charge in [-0.3, -0.25) is 4.99 Å². The zero-order chi connectivity index (χ0) is 21.9. The summed E-state index contributed by atoms with van der Waals surface area (Å²) in [4.78, 5) is 4.31. The molecule has 3 N–H and O–H groups in total. The van der Waals surface area contributed by atoms with Gasteiger partial charge in [0.05, 0.1) is 13.7 Å². The van der Waals surface area contributed by atoms with Crippen LogP contribution in [0.25, 0.3) is 0 Å². The summed E-state index contributed by atoms with van der Waals surface area (Å²) < 4.78 is 17.0. The van der Waals surface area contributed by atoms with Gasteiger partial charge in [-0.1, -0.05) is 36.4 Å². The van der Waals surface area contributed by atoms with Crippen molar-refractivity contribution < 1.29 is 19.3 Å². The average Bonchev–Trinajstić information content (AvgIpc) is 3.27. The van der Waals surface area contributed by atoms with Crippen molar-refractivity contribution in [1.29, 1.82) is 0 Å². The lowest BCUT2D eigenvalue weighted by Gasteiger charge is -2.27. The third-order valence-corrected chi connectivity index (χ3v) is 5.61. The molecule has 0 radical (unpaired) electrons. The Morgan fingerprint density at radius 1 is 1.12 bits per heavy atom. The van der Waals surface area contributed by atoms with Crippen LogP contribution in [-0.2, 0) is 17.9 Å². The fourth-order valence-electron chi connectivity index (χ4n) is 3.67. The molecule has 2 aromatic carbocycles. The Morgan fingerprint density at radius 2 is 1.94 bits per heavy atom. The highest BCUT2D eigenvalue weighted by Gasteiger charge is 2.34. The Labute approximate surface area is 207 Å². The van der Waals surface area contributed by atoms with Gasteiger partial charge in [0.25, 0.3) is 0 Å². The number of nitrogens with one attached hydrogen (secondary N) is 2. The van der Waals surface area contributed by atoms with Crippen LogP contribution >= 0.6 is 24.0 Å². The highest BCUT2D eigenvalue weighted by atomic mass is 127. The summed E-state index contributed by atoms with van der Waals surface area (Å²) in [5, 5.41) is 16.1. The minimum absolute atomic E-state index is 0. The summed E-state index contributed by atoms with van der Waals surface area (Å²) in [5.74, 6) is 2.13. The first-order chi connectivity index (χ1) is 15.2. The topological polar surface area (TPSA) is 84.3 Å². The summed E-state index contributed by atoms with van der Waals surface area (Å²) in [6.45, 7) is 3.37. The third kappa shape index (κ3) is 7.53. The van der Waals surface area contributed by atoms with E-state index in [1.807, 2.05) is 48.5 Å². The number of aliphatic imine (C=N–C) groups is 1. The molecule has 8 heteroatoms. The SMILES string of the molecule is CN=C(NCc1ccc(OCc2ccccc2)c(OC)c1)NCC1(CCO)CCOC1.I. The maximum absolute atomic E-state index is 9.39. The summed E-state index contributed by atoms with van der Waals surface area (Å²) in [6, 6.07) is 16.0. The number of halogens is 1. The predicted octanol–water partition coefficient (Wildman–Crippen LogP) is 3.35. The second-order valence-corrected chi connectivity index (χ2v) is 7.81. The lowest BCUT2D eigenvalue weighted by atomic mass is 9.84. The Hall–Kier alpha value is -2.04. The van der Waals surface area contributed by atoms with Crippen LogP contribution in [0.2, 0.25) is 0 Å². The van der Waals surface area contributed by atoms with E-state index in [1.165, 1.54) is 0 Å². The van der Waals surface area contributed by atoms with Gasteiger partial charge in [0.15, 0.2) is 17.5 Å². The van der Waals surface area contributed by atoms with E-state index in [1.54, 1.807) is 14.2 Å². The Balaban J connectivity index is 0.00000363. The van der Waals surface area contributed by atoms with Gasteiger partial charge in [-0.05, 0) is 36.1 Å². The molecule has 3 rings (SSSR count). The van der Waals surface area contributed by atoms with Gasteiger partial charge >= 0.3 is 0 Å².